The van der Waals surface area contributed by atoms with Crippen LogP contribution in [0.25, 0.3) is 0 Å². The second-order valence-corrected chi connectivity index (χ2v) is 7.10. The van der Waals surface area contributed by atoms with Crippen molar-refractivity contribution in [1.82, 2.24) is 10.2 Å². The van der Waals surface area contributed by atoms with Gasteiger partial charge in [0.05, 0.1) is 18.6 Å². The standard InChI is InChI=1S/C16H26N2O2S/c1-13(2)18(11-14-5-4-10-21-14)15(19)16(12-20-3)6-8-17-9-7-16/h4-5,10,13,17H,6-9,11-12H2,1-3H3. The third-order valence-electron chi connectivity index (χ3n) is 4.23. The molecule has 1 saturated heterocycles. The van der Waals surface area contributed by atoms with Crippen molar-refractivity contribution in [3.05, 3.63) is 22.4 Å². The number of ether oxygens (including phenoxy) is 1. The van der Waals surface area contributed by atoms with Gasteiger partial charge in [-0.3, -0.25) is 4.79 Å². The van der Waals surface area contributed by atoms with E-state index in [1.54, 1.807) is 18.4 Å². The van der Waals surface area contributed by atoms with Crippen LogP contribution < -0.4 is 5.32 Å². The Balaban J connectivity index is 2.18. The van der Waals surface area contributed by atoms with E-state index >= 15 is 0 Å². The first-order valence-corrected chi connectivity index (χ1v) is 8.50. The zero-order valence-electron chi connectivity index (χ0n) is 13.2. The lowest BCUT2D eigenvalue weighted by molar-refractivity contribution is -0.150. The predicted molar refractivity (Wildman–Crippen MR) is 86.4 cm³/mol. The Morgan fingerprint density at radius 3 is 2.71 bits per heavy atom. The molecule has 0 aromatic carbocycles. The van der Waals surface area contributed by atoms with Gasteiger partial charge in [0.1, 0.15) is 0 Å². The van der Waals surface area contributed by atoms with Crippen LogP contribution in [-0.2, 0) is 16.1 Å². The quantitative estimate of drug-likeness (QED) is 0.878. The second kappa shape index (κ2) is 7.38. The van der Waals surface area contributed by atoms with Gasteiger partial charge in [0, 0.05) is 18.0 Å². The summed E-state index contributed by atoms with van der Waals surface area (Å²) < 4.78 is 5.40. The number of nitrogens with one attached hydrogen (secondary N) is 1. The van der Waals surface area contributed by atoms with Crippen molar-refractivity contribution >= 4 is 17.2 Å². The zero-order valence-corrected chi connectivity index (χ0v) is 14.0. The summed E-state index contributed by atoms with van der Waals surface area (Å²) in [4.78, 5) is 16.4. The molecule has 1 aromatic rings. The lowest BCUT2D eigenvalue weighted by Gasteiger charge is -2.41. The molecule has 4 nitrogen and oxygen atoms in total. The van der Waals surface area contributed by atoms with Crippen molar-refractivity contribution in [1.29, 1.82) is 0 Å². The molecular weight excluding hydrogens is 284 g/mol. The average molecular weight is 310 g/mol. The van der Waals surface area contributed by atoms with Gasteiger partial charge < -0.3 is 15.0 Å². The fourth-order valence-electron chi connectivity index (χ4n) is 2.97. The van der Waals surface area contributed by atoms with Crippen molar-refractivity contribution in [3.8, 4) is 0 Å². The predicted octanol–water partition coefficient (Wildman–Crippen LogP) is 2.50. The summed E-state index contributed by atoms with van der Waals surface area (Å²) in [7, 11) is 1.69. The van der Waals surface area contributed by atoms with Crippen LogP contribution in [0.1, 0.15) is 31.6 Å². The highest BCUT2D eigenvalue weighted by atomic mass is 32.1. The maximum atomic E-state index is 13.2. The second-order valence-electron chi connectivity index (χ2n) is 6.07. The average Bonchev–Trinajstić information content (AvgIpc) is 2.98. The molecule has 0 aliphatic carbocycles. The fourth-order valence-corrected chi connectivity index (χ4v) is 3.67. The lowest BCUT2D eigenvalue weighted by atomic mass is 9.78. The number of methoxy groups -OCH3 is 1. The number of amides is 1. The number of thiophene rings is 1. The Morgan fingerprint density at radius 2 is 2.19 bits per heavy atom. The highest BCUT2D eigenvalue weighted by Gasteiger charge is 2.42. The van der Waals surface area contributed by atoms with Gasteiger partial charge in [-0.25, -0.2) is 0 Å². The minimum atomic E-state index is -0.360. The Hall–Kier alpha value is -0.910. The van der Waals surface area contributed by atoms with E-state index in [1.807, 2.05) is 11.0 Å². The fraction of sp³-hybridized carbons (Fsp3) is 0.688. The number of nitrogens with zero attached hydrogens (tertiary/aromatic N) is 1. The van der Waals surface area contributed by atoms with Gasteiger partial charge in [0.25, 0.3) is 0 Å². The minimum absolute atomic E-state index is 0.197. The van der Waals surface area contributed by atoms with Crippen molar-refractivity contribution in [2.45, 2.75) is 39.3 Å². The number of rotatable bonds is 6. The molecule has 2 rings (SSSR count). The van der Waals surface area contributed by atoms with Gasteiger partial charge in [0.15, 0.2) is 0 Å². The van der Waals surface area contributed by atoms with Gasteiger partial charge in [-0.15, -0.1) is 11.3 Å². The molecule has 0 radical (unpaired) electrons. The summed E-state index contributed by atoms with van der Waals surface area (Å²) in [6.45, 7) is 7.18. The van der Waals surface area contributed by atoms with Gasteiger partial charge in [-0.05, 0) is 51.2 Å². The van der Waals surface area contributed by atoms with Crippen LogP contribution in [0.3, 0.4) is 0 Å². The normalized spacial score (nSPS) is 17.9. The minimum Gasteiger partial charge on any atom is -0.384 e. The molecule has 0 saturated carbocycles. The molecule has 1 aromatic heterocycles. The summed E-state index contributed by atoms with van der Waals surface area (Å²) >= 11 is 1.71. The highest BCUT2D eigenvalue weighted by molar-refractivity contribution is 7.09. The first-order valence-electron chi connectivity index (χ1n) is 7.62. The summed E-state index contributed by atoms with van der Waals surface area (Å²) in [6, 6.07) is 4.33. The van der Waals surface area contributed by atoms with Crippen LogP contribution in [0, 0.1) is 5.41 Å². The molecule has 0 unspecified atom stereocenters. The van der Waals surface area contributed by atoms with E-state index in [-0.39, 0.29) is 17.4 Å². The van der Waals surface area contributed by atoms with Crippen LogP contribution in [0.4, 0.5) is 0 Å². The highest BCUT2D eigenvalue weighted by Crippen LogP contribution is 2.33. The molecule has 2 heterocycles. The maximum absolute atomic E-state index is 13.2. The van der Waals surface area contributed by atoms with E-state index < -0.39 is 0 Å². The smallest absolute Gasteiger partial charge is 0.231 e. The van der Waals surface area contributed by atoms with Crippen molar-refractivity contribution in [3.63, 3.8) is 0 Å². The zero-order chi connectivity index (χ0) is 15.3. The van der Waals surface area contributed by atoms with Gasteiger partial charge in [0.2, 0.25) is 5.91 Å². The topological polar surface area (TPSA) is 41.6 Å². The van der Waals surface area contributed by atoms with Crippen molar-refractivity contribution < 1.29 is 9.53 Å². The number of carbonyl (C=O) groups excluding carboxylic acids is 1. The van der Waals surface area contributed by atoms with Crippen molar-refractivity contribution in [2.75, 3.05) is 26.8 Å². The van der Waals surface area contributed by atoms with E-state index in [0.29, 0.717) is 13.2 Å². The Labute approximate surface area is 131 Å². The van der Waals surface area contributed by atoms with Crippen LogP contribution in [0.2, 0.25) is 0 Å². The molecule has 1 N–H and O–H groups in total. The largest absolute Gasteiger partial charge is 0.384 e. The van der Waals surface area contributed by atoms with E-state index in [2.05, 4.69) is 30.6 Å². The molecule has 118 valence electrons. The number of piperidine rings is 1. The Morgan fingerprint density at radius 1 is 1.48 bits per heavy atom. The van der Waals surface area contributed by atoms with Crippen LogP contribution >= 0.6 is 11.3 Å². The molecular formula is C16H26N2O2S. The molecule has 5 heteroatoms. The van der Waals surface area contributed by atoms with E-state index in [9.17, 15) is 4.79 Å². The van der Waals surface area contributed by atoms with Crippen LogP contribution in [-0.4, -0.2) is 43.7 Å². The molecule has 1 aliphatic rings. The first kappa shape index (κ1) is 16.5. The molecule has 0 atom stereocenters. The summed E-state index contributed by atoms with van der Waals surface area (Å²) in [5.41, 5.74) is -0.360. The maximum Gasteiger partial charge on any atom is 0.231 e. The van der Waals surface area contributed by atoms with Crippen molar-refractivity contribution in [2.24, 2.45) is 5.41 Å². The number of hydrogen-bond acceptors (Lipinski definition) is 4. The first-order chi connectivity index (χ1) is 10.1. The molecule has 1 aliphatic heterocycles. The monoisotopic (exact) mass is 310 g/mol. The molecule has 1 fully saturated rings. The molecule has 0 bridgehead atoms. The van der Waals surface area contributed by atoms with Gasteiger partial charge in [-0.1, -0.05) is 6.07 Å². The van der Waals surface area contributed by atoms with E-state index in [4.69, 9.17) is 4.74 Å². The van der Waals surface area contributed by atoms with Gasteiger partial charge >= 0.3 is 0 Å². The Kier molecular flexibility index (Phi) is 5.79. The number of hydrogen-bond donors (Lipinski definition) is 1. The summed E-state index contributed by atoms with van der Waals surface area (Å²) in [5.74, 6) is 0.245. The van der Waals surface area contributed by atoms with E-state index in [1.165, 1.54) is 4.88 Å². The number of carbonyl (C=O) groups is 1. The van der Waals surface area contributed by atoms with Crippen LogP contribution in [0.15, 0.2) is 17.5 Å². The lowest BCUT2D eigenvalue weighted by Crippen LogP contribution is -2.53. The third kappa shape index (κ3) is 3.84. The Bertz CT molecular complexity index is 434. The summed E-state index contributed by atoms with van der Waals surface area (Å²) in [6.07, 6.45) is 1.71. The molecule has 0 spiro atoms. The third-order valence-corrected chi connectivity index (χ3v) is 5.09. The molecule has 1 amide bonds. The SMILES string of the molecule is COCC1(C(=O)N(Cc2cccs2)C(C)C)CCNCC1. The molecule has 21 heavy (non-hydrogen) atoms. The van der Waals surface area contributed by atoms with E-state index in [0.717, 1.165) is 25.9 Å². The van der Waals surface area contributed by atoms with Gasteiger partial charge in [-0.2, -0.15) is 0 Å². The summed E-state index contributed by atoms with van der Waals surface area (Å²) in [5, 5.41) is 5.41. The van der Waals surface area contributed by atoms with Crippen LogP contribution in [0.5, 0.6) is 0 Å².